The number of ether oxygens (including phenoxy) is 1. The summed E-state index contributed by atoms with van der Waals surface area (Å²) >= 11 is 1.55. The highest BCUT2D eigenvalue weighted by atomic mass is 32.1. The lowest BCUT2D eigenvalue weighted by Gasteiger charge is -2.12. The lowest BCUT2D eigenvalue weighted by Crippen LogP contribution is -2.30. The first-order chi connectivity index (χ1) is 12.6. The molecule has 0 spiro atoms. The predicted molar refractivity (Wildman–Crippen MR) is 97.8 cm³/mol. The number of nitrogens with zero attached hydrogens (tertiary/aromatic N) is 1. The highest BCUT2D eigenvalue weighted by Crippen LogP contribution is 2.25. The Balaban J connectivity index is 1.64. The second kappa shape index (κ2) is 7.97. The number of aryl methyl sites for hydroxylation is 1. The average molecular weight is 370 g/mol. The second-order valence-corrected chi connectivity index (χ2v) is 6.69. The van der Waals surface area contributed by atoms with Gasteiger partial charge in [-0.25, -0.2) is 4.79 Å². The van der Waals surface area contributed by atoms with E-state index in [2.05, 4.69) is 10.5 Å². The summed E-state index contributed by atoms with van der Waals surface area (Å²) in [6.07, 6.45) is 0. The first kappa shape index (κ1) is 17.9. The van der Waals surface area contributed by atoms with Gasteiger partial charge in [0.15, 0.2) is 6.61 Å². The number of esters is 1. The zero-order valence-electron chi connectivity index (χ0n) is 14.4. The summed E-state index contributed by atoms with van der Waals surface area (Å²) in [4.78, 5) is 25.5. The number of amides is 1. The molecule has 134 valence electrons. The molecule has 6 nitrogen and oxygen atoms in total. The molecule has 0 aliphatic rings. The van der Waals surface area contributed by atoms with Crippen molar-refractivity contribution in [1.29, 1.82) is 0 Å². The van der Waals surface area contributed by atoms with Gasteiger partial charge in [0.2, 0.25) is 0 Å². The minimum absolute atomic E-state index is 0.140. The molecular formula is C19H18N2O4S. The molecule has 0 saturated carbocycles. The summed E-state index contributed by atoms with van der Waals surface area (Å²) in [7, 11) is 0. The molecule has 0 radical (unpaired) electrons. The molecular weight excluding hydrogens is 352 g/mol. The maximum Gasteiger partial charge on any atom is 0.344 e. The molecule has 0 fully saturated rings. The summed E-state index contributed by atoms with van der Waals surface area (Å²) in [5.41, 5.74) is 1.38. The maximum atomic E-state index is 12.4. The molecule has 0 aliphatic heterocycles. The van der Waals surface area contributed by atoms with Gasteiger partial charge in [-0.2, -0.15) is 0 Å². The normalized spacial score (nSPS) is 11.8. The van der Waals surface area contributed by atoms with Gasteiger partial charge in [0.1, 0.15) is 17.0 Å². The summed E-state index contributed by atoms with van der Waals surface area (Å²) in [6, 6.07) is 12.9. The SMILES string of the molecule is Cc1onc(-c2ccccc2)c1C(=O)OCC(=O)N[C@H](C)c1cccs1. The molecule has 0 aliphatic carbocycles. The van der Waals surface area contributed by atoms with Crippen LogP contribution in [0.1, 0.15) is 34.0 Å². The Kier molecular flexibility index (Phi) is 5.48. The zero-order valence-corrected chi connectivity index (χ0v) is 15.2. The molecule has 0 saturated heterocycles. The van der Waals surface area contributed by atoms with E-state index in [1.165, 1.54) is 0 Å². The lowest BCUT2D eigenvalue weighted by molar-refractivity contribution is -0.124. The predicted octanol–water partition coefficient (Wildman–Crippen LogP) is 3.75. The molecule has 0 bridgehead atoms. The molecule has 1 N–H and O–H groups in total. The van der Waals surface area contributed by atoms with E-state index in [9.17, 15) is 9.59 Å². The highest BCUT2D eigenvalue weighted by molar-refractivity contribution is 7.10. The van der Waals surface area contributed by atoms with Crippen molar-refractivity contribution < 1.29 is 18.8 Å². The van der Waals surface area contributed by atoms with Crippen molar-refractivity contribution >= 4 is 23.2 Å². The number of nitrogens with one attached hydrogen (secondary N) is 1. The van der Waals surface area contributed by atoms with Crippen molar-refractivity contribution in [3.8, 4) is 11.3 Å². The van der Waals surface area contributed by atoms with Crippen molar-refractivity contribution in [2.75, 3.05) is 6.61 Å². The molecule has 3 rings (SSSR count). The summed E-state index contributed by atoms with van der Waals surface area (Å²) in [5.74, 6) is -0.655. The molecule has 1 amide bonds. The van der Waals surface area contributed by atoms with E-state index in [-0.39, 0.29) is 24.1 Å². The van der Waals surface area contributed by atoms with Crippen LogP contribution in [0, 0.1) is 6.92 Å². The van der Waals surface area contributed by atoms with Gasteiger partial charge in [-0.05, 0) is 25.3 Å². The van der Waals surface area contributed by atoms with Crippen molar-refractivity contribution in [3.63, 3.8) is 0 Å². The minimum Gasteiger partial charge on any atom is -0.452 e. The Morgan fingerprint density at radius 2 is 2.00 bits per heavy atom. The van der Waals surface area contributed by atoms with E-state index in [1.807, 2.05) is 54.8 Å². The zero-order chi connectivity index (χ0) is 18.5. The Labute approximate surface area is 154 Å². The van der Waals surface area contributed by atoms with Crippen LogP contribution in [0.15, 0.2) is 52.4 Å². The number of benzene rings is 1. The van der Waals surface area contributed by atoms with Gasteiger partial charge in [-0.15, -0.1) is 11.3 Å². The quantitative estimate of drug-likeness (QED) is 0.669. The van der Waals surface area contributed by atoms with Crippen molar-refractivity contribution in [3.05, 3.63) is 64.0 Å². The van der Waals surface area contributed by atoms with Crippen LogP contribution in [-0.2, 0) is 9.53 Å². The first-order valence-corrected chi connectivity index (χ1v) is 8.96. The van der Waals surface area contributed by atoms with Gasteiger partial charge in [0.25, 0.3) is 5.91 Å². The number of hydrogen-bond acceptors (Lipinski definition) is 6. The van der Waals surface area contributed by atoms with E-state index >= 15 is 0 Å². The molecule has 26 heavy (non-hydrogen) atoms. The Morgan fingerprint density at radius 3 is 2.69 bits per heavy atom. The largest absolute Gasteiger partial charge is 0.452 e. The third-order valence-electron chi connectivity index (χ3n) is 3.80. The van der Waals surface area contributed by atoms with Crippen LogP contribution >= 0.6 is 11.3 Å². The van der Waals surface area contributed by atoms with Crippen LogP contribution in [0.4, 0.5) is 0 Å². The monoisotopic (exact) mass is 370 g/mol. The van der Waals surface area contributed by atoms with Crippen LogP contribution in [0.2, 0.25) is 0 Å². The van der Waals surface area contributed by atoms with Gasteiger partial charge >= 0.3 is 5.97 Å². The van der Waals surface area contributed by atoms with Gasteiger partial charge in [-0.1, -0.05) is 41.6 Å². The summed E-state index contributed by atoms with van der Waals surface area (Å²) in [5, 5.41) is 8.68. The molecule has 2 aromatic heterocycles. The number of hydrogen-bond donors (Lipinski definition) is 1. The smallest absolute Gasteiger partial charge is 0.344 e. The number of carbonyl (C=O) groups is 2. The van der Waals surface area contributed by atoms with Crippen LogP contribution < -0.4 is 5.32 Å². The van der Waals surface area contributed by atoms with Crippen LogP contribution in [-0.4, -0.2) is 23.6 Å². The Bertz CT molecular complexity index is 888. The van der Waals surface area contributed by atoms with Gasteiger partial charge in [-0.3, -0.25) is 4.79 Å². The maximum absolute atomic E-state index is 12.4. The number of carbonyl (C=O) groups excluding carboxylic acids is 2. The van der Waals surface area contributed by atoms with Crippen molar-refractivity contribution in [2.24, 2.45) is 0 Å². The third kappa shape index (κ3) is 4.00. The molecule has 1 aromatic carbocycles. The topological polar surface area (TPSA) is 81.4 Å². The molecule has 2 heterocycles. The number of aromatic nitrogens is 1. The van der Waals surface area contributed by atoms with Gasteiger partial charge in [0.05, 0.1) is 6.04 Å². The molecule has 3 aromatic rings. The minimum atomic E-state index is -0.637. The van der Waals surface area contributed by atoms with Gasteiger partial charge < -0.3 is 14.6 Å². The fourth-order valence-corrected chi connectivity index (χ4v) is 3.24. The summed E-state index contributed by atoms with van der Waals surface area (Å²) < 4.78 is 10.3. The van der Waals surface area contributed by atoms with E-state index in [0.717, 1.165) is 10.4 Å². The standard InChI is InChI=1S/C19H18N2O4S/c1-12(15-9-6-10-26-15)20-16(22)11-24-19(23)17-13(2)25-21-18(17)14-7-4-3-5-8-14/h3-10,12H,11H2,1-2H3,(H,20,22)/t12-/m1/s1. The fraction of sp³-hybridized carbons (Fsp3) is 0.211. The fourth-order valence-electron chi connectivity index (χ4n) is 2.50. The van der Waals surface area contributed by atoms with E-state index in [0.29, 0.717) is 11.5 Å². The first-order valence-electron chi connectivity index (χ1n) is 8.08. The molecule has 1 atom stereocenters. The van der Waals surface area contributed by atoms with Crippen LogP contribution in [0.5, 0.6) is 0 Å². The van der Waals surface area contributed by atoms with E-state index in [1.54, 1.807) is 18.3 Å². The number of rotatable bonds is 6. The average Bonchev–Trinajstić information content (AvgIpc) is 3.30. The van der Waals surface area contributed by atoms with E-state index in [4.69, 9.17) is 9.26 Å². The lowest BCUT2D eigenvalue weighted by atomic mass is 10.1. The second-order valence-electron chi connectivity index (χ2n) is 5.71. The van der Waals surface area contributed by atoms with E-state index < -0.39 is 5.97 Å². The molecule has 7 heteroatoms. The highest BCUT2D eigenvalue weighted by Gasteiger charge is 2.23. The van der Waals surface area contributed by atoms with Crippen molar-refractivity contribution in [2.45, 2.75) is 19.9 Å². The summed E-state index contributed by atoms with van der Waals surface area (Å²) in [6.45, 7) is 3.14. The Hall–Kier alpha value is -2.93. The number of thiophene rings is 1. The van der Waals surface area contributed by atoms with Crippen LogP contribution in [0.25, 0.3) is 11.3 Å². The van der Waals surface area contributed by atoms with Crippen LogP contribution in [0.3, 0.4) is 0 Å². The third-order valence-corrected chi connectivity index (χ3v) is 4.85. The Morgan fingerprint density at radius 1 is 1.23 bits per heavy atom. The molecule has 0 unspecified atom stereocenters. The van der Waals surface area contributed by atoms with Crippen molar-refractivity contribution in [1.82, 2.24) is 10.5 Å². The van der Waals surface area contributed by atoms with Gasteiger partial charge in [0, 0.05) is 10.4 Å².